The van der Waals surface area contributed by atoms with Crippen molar-refractivity contribution in [2.24, 2.45) is 0 Å². The molecule has 0 aromatic rings. The van der Waals surface area contributed by atoms with Crippen molar-refractivity contribution in [1.82, 2.24) is 0 Å². The minimum absolute atomic E-state index is 3.90. The Morgan fingerprint density at radius 2 is 0.818 bits per heavy atom. The zero-order chi connectivity index (χ0) is 9.50. The largest absolute Gasteiger partial charge is 0.376 e. The maximum atomic E-state index is 12.1. The number of hydrogen-bond donors (Lipinski definition) is 0. The first-order valence-electron chi connectivity index (χ1n) is 2.01. The summed E-state index contributed by atoms with van der Waals surface area (Å²) in [6, 6.07) is 0. The molecule has 0 aliphatic rings. The number of alkyl halides is 8. The molecule has 0 aliphatic heterocycles. The third-order valence-corrected chi connectivity index (χ3v) is 1.90. The molecule has 0 radical (unpaired) electrons. The predicted molar refractivity (Wildman–Crippen MR) is 31.3 cm³/mol. The summed E-state index contributed by atoms with van der Waals surface area (Å²) in [5.41, 5.74) is 0. The van der Waals surface area contributed by atoms with Gasteiger partial charge in [-0.3, -0.25) is 0 Å². The molecule has 0 spiro atoms. The van der Waals surface area contributed by atoms with E-state index in [0.717, 1.165) is 0 Å². The van der Waals surface area contributed by atoms with Crippen LogP contribution in [-0.2, 0) is 0 Å². The molecule has 0 atom stereocenters. The van der Waals surface area contributed by atoms with Crippen LogP contribution in [0.15, 0.2) is 0 Å². The normalized spacial score (nSPS) is 15.3. The lowest BCUT2D eigenvalue weighted by molar-refractivity contribution is -0.123. The van der Waals surface area contributed by atoms with Crippen molar-refractivity contribution < 1.29 is 22.0 Å². The molecule has 0 aliphatic carbocycles. The summed E-state index contributed by atoms with van der Waals surface area (Å²) in [6.45, 7) is 0. The van der Waals surface area contributed by atoms with E-state index >= 15 is 0 Å². The Morgan fingerprint density at radius 1 is 0.636 bits per heavy atom. The van der Waals surface area contributed by atoms with Gasteiger partial charge in [0.2, 0.25) is 0 Å². The van der Waals surface area contributed by atoms with E-state index in [2.05, 4.69) is 34.8 Å². The quantitative estimate of drug-likeness (QED) is 0.509. The molecule has 0 unspecified atom stereocenters. The first-order valence-corrected chi connectivity index (χ1v) is 3.15. The molecule has 0 N–H and O–H groups in total. The van der Waals surface area contributed by atoms with E-state index in [1.165, 1.54) is 0 Å². The fourth-order valence-corrected chi connectivity index (χ4v) is 0.446. The van der Waals surface area contributed by atoms with E-state index in [1.807, 2.05) is 0 Å². The van der Waals surface area contributed by atoms with Crippen LogP contribution in [0.2, 0.25) is 0 Å². The molecule has 11 heavy (non-hydrogen) atoms. The third-order valence-electron chi connectivity index (χ3n) is 0.712. The Morgan fingerprint density at radius 3 is 0.818 bits per heavy atom. The molecule has 0 aromatic heterocycles. The monoisotopic (exact) mass is 236 g/mol. The topological polar surface area (TPSA) is 0 Å². The van der Waals surface area contributed by atoms with Gasteiger partial charge in [-0.15, -0.1) is 0 Å². The van der Waals surface area contributed by atoms with Gasteiger partial charge in [0.1, 0.15) is 0 Å². The van der Waals surface area contributed by atoms with Crippen LogP contribution in [0.5, 0.6) is 0 Å². The summed E-state index contributed by atoms with van der Waals surface area (Å²) < 4.78 is 58.9. The highest BCUT2D eigenvalue weighted by atomic mass is 35.5. The third kappa shape index (κ3) is 2.23. The Labute approximate surface area is 73.2 Å². The maximum absolute atomic E-state index is 12.1. The van der Waals surface area contributed by atoms with Gasteiger partial charge in [-0.1, -0.05) is 11.6 Å². The van der Waals surface area contributed by atoms with Crippen molar-refractivity contribution in [2.75, 3.05) is 0 Å². The molecule has 8 heteroatoms. The van der Waals surface area contributed by atoms with Crippen LogP contribution in [0.3, 0.4) is 0 Å². The fourth-order valence-electron chi connectivity index (χ4n) is 0.161. The van der Waals surface area contributed by atoms with Gasteiger partial charge in [-0.2, -0.15) is 17.6 Å². The molecular weight excluding hydrogens is 237 g/mol. The highest BCUT2D eigenvalue weighted by Crippen LogP contribution is 2.51. The van der Waals surface area contributed by atoms with Gasteiger partial charge >= 0.3 is 15.9 Å². The van der Waals surface area contributed by atoms with Crippen LogP contribution in [-0.4, -0.2) is 15.9 Å². The van der Waals surface area contributed by atoms with Gasteiger partial charge in [0, 0.05) is 0 Å². The lowest BCUT2D eigenvalue weighted by atomic mass is 10.4. The molecule has 0 saturated carbocycles. The van der Waals surface area contributed by atoms with Gasteiger partial charge in [0.25, 0.3) is 0 Å². The second-order valence-corrected chi connectivity index (χ2v) is 3.04. The molecule has 0 amide bonds. The van der Waals surface area contributed by atoms with Gasteiger partial charge in [0.15, 0.2) is 0 Å². The van der Waals surface area contributed by atoms with Crippen LogP contribution < -0.4 is 0 Å². The molecule has 0 bridgehead atoms. The molecular formula is C3Cl3F5. The second-order valence-electron chi connectivity index (χ2n) is 1.57. The highest BCUT2D eigenvalue weighted by Gasteiger charge is 2.68. The number of hydrogen-bond acceptors (Lipinski definition) is 0. The molecule has 0 heterocycles. The van der Waals surface area contributed by atoms with E-state index in [-0.39, 0.29) is 0 Å². The maximum Gasteiger partial charge on any atom is 0.376 e. The van der Waals surface area contributed by atoms with E-state index in [4.69, 9.17) is 0 Å². The summed E-state index contributed by atoms with van der Waals surface area (Å²) in [4.78, 5) is 0. The first kappa shape index (κ1) is 11.5. The van der Waals surface area contributed by atoms with Crippen LogP contribution >= 0.6 is 34.8 Å². The van der Waals surface area contributed by atoms with Crippen LogP contribution in [0.1, 0.15) is 0 Å². The van der Waals surface area contributed by atoms with Crippen molar-refractivity contribution in [3.8, 4) is 0 Å². The number of halogens is 8. The summed E-state index contributed by atoms with van der Waals surface area (Å²) >= 11 is 11.9. The van der Waals surface area contributed by atoms with E-state index in [0.29, 0.717) is 0 Å². The molecule has 0 saturated heterocycles. The van der Waals surface area contributed by atoms with Gasteiger partial charge in [0.05, 0.1) is 0 Å². The van der Waals surface area contributed by atoms with Gasteiger partial charge in [-0.25, -0.2) is 4.39 Å². The lowest BCUT2D eigenvalue weighted by Gasteiger charge is -2.25. The van der Waals surface area contributed by atoms with Gasteiger partial charge < -0.3 is 0 Å². The van der Waals surface area contributed by atoms with E-state index in [9.17, 15) is 22.0 Å². The van der Waals surface area contributed by atoms with Crippen molar-refractivity contribution in [3.05, 3.63) is 0 Å². The van der Waals surface area contributed by atoms with Crippen molar-refractivity contribution >= 4 is 34.8 Å². The standard InChI is InChI=1S/C3Cl3F5/c4-1(7,2(5,8)9)3(6,10)11. The summed E-state index contributed by atoms with van der Waals surface area (Å²) in [5.74, 6) is 0. The van der Waals surface area contributed by atoms with Crippen LogP contribution in [0.4, 0.5) is 22.0 Å². The SMILES string of the molecule is FC(F)(Cl)C(F)(Cl)C(F)(F)Cl. The minimum atomic E-state index is -4.93. The van der Waals surface area contributed by atoms with Crippen molar-refractivity contribution in [3.63, 3.8) is 0 Å². The molecule has 0 fully saturated rings. The van der Waals surface area contributed by atoms with E-state index in [1.54, 1.807) is 0 Å². The first-order chi connectivity index (χ1) is 4.50. The van der Waals surface area contributed by atoms with E-state index < -0.39 is 15.9 Å². The lowest BCUT2D eigenvalue weighted by Crippen LogP contribution is -2.46. The zero-order valence-corrected chi connectivity index (χ0v) is 6.79. The Hall–Kier alpha value is 0.520. The summed E-state index contributed by atoms with van der Waals surface area (Å²) in [5, 5.41) is -14.7. The fraction of sp³-hybridized carbons (Fsp3) is 1.00. The Balaban J connectivity index is 4.75. The molecule has 0 rings (SSSR count). The number of rotatable bonds is 2. The average Bonchev–Trinajstić information content (AvgIpc) is 1.58. The van der Waals surface area contributed by atoms with Crippen LogP contribution in [0.25, 0.3) is 0 Å². The second kappa shape index (κ2) is 2.78. The Bertz CT molecular complexity index is 128. The Kier molecular flexibility index (Phi) is 2.91. The van der Waals surface area contributed by atoms with Gasteiger partial charge in [-0.05, 0) is 23.2 Å². The molecule has 68 valence electrons. The highest BCUT2D eigenvalue weighted by molar-refractivity contribution is 6.37. The smallest absolute Gasteiger partial charge is 0.209 e. The zero-order valence-electron chi connectivity index (χ0n) is 4.52. The molecule has 0 nitrogen and oxygen atoms in total. The average molecular weight is 237 g/mol. The van der Waals surface area contributed by atoms with Crippen molar-refractivity contribution in [1.29, 1.82) is 0 Å². The minimum Gasteiger partial charge on any atom is -0.209 e. The summed E-state index contributed by atoms with van der Waals surface area (Å²) in [6.07, 6.45) is 0. The predicted octanol–water partition coefficient (Wildman–Crippen LogP) is 3.55. The molecule has 0 aromatic carbocycles. The van der Waals surface area contributed by atoms with Crippen LogP contribution in [0, 0.1) is 0 Å². The summed E-state index contributed by atoms with van der Waals surface area (Å²) in [7, 11) is 0. The van der Waals surface area contributed by atoms with Crippen molar-refractivity contribution in [2.45, 2.75) is 15.9 Å².